The maximum Gasteiger partial charge on any atom is 0.287 e. The molecule has 2 aromatic rings. The molecule has 0 spiro atoms. The highest BCUT2D eigenvalue weighted by Gasteiger charge is 2.13. The molecule has 1 heterocycles. The molecule has 0 amide bonds. The van der Waals surface area contributed by atoms with Gasteiger partial charge in [0.05, 0.1) is 11.5 Å². The zero-order valence-corrected chi connectivity index (χ0v) is 10.8. The van der Waals surface area contributed by atoms with E-state index in [-0.39, 0.29) is 11.3 Å². The second-order valence-corrected chi connectivity index (χ2v) is 3.99. The van der Waals surface area contributed by atoms with Crippen LogP contribution in [0.25, 0.3) is 0 Å². The normalized spacial score (nSPS) is 10.0. The standard InChI is InChI=1S/C12H12N6O2/c1-2-17-8-15-16-12(17)7-14-10-3-4-11(18(19)20)9(5-10)6-13/h3-5,8,14H,2,7H2,1H3. The van der Waals surface area contributed by atoms with Crippen LogP contribution >= 0.6 is 0 Å². The van der Waals surface area contributed by atoms with Crippen LogP contribution in [0.2, 0.25) is 0 Å². The first-order chi connectivity index (χ1) is 9.65. The average Bonchev–Trinajstić information content (AvgIpc) is 2.92. The van der Waals surface area contributed by atoms with Gasteiger partial charge < -0.3 is 9.88 Å². The lowest BCUT2D eigenvalue weighted by atomic mass is 10.2. The van der Waals surface area contributed by atoms with Gasteiger partial charge in [-0.3, -0.25) is 10.1 Å². The number of nitriles is 1. The van der Waals surface area contributed by atoms with E-state index in [1.54, 1.807) is 12.4 Å². The summed E-state index contributed by atoms with van der Waals surface area (Å²) in [5.41, 5.74) is 0.449. The molecular formula is C12H12N6O2. The molecule has 0 atom stereocenters. The lowest BCUT2D eigenvalue weighted by Crippen LogP contribution is -2.07. The van der Waals surface area contributed by atoms with E-state index in [0.29, 0.717) is 12.2 Å². The minimum atomic E-state index is -0.573. The molecule has 1 aromatic carbocycles. The number of benzene rings is 1. The molecule has 0 aliphatic heterocycles. The Kier molecular flexibility index (Phi) is 3.91. The second kappa shape index (κ2) is 5.79. The Balaban J connectivity index is 2.15. The first-order valence-corrected chi connectivity index (χ1v) is 5.94. The van der Waals surface area contributed by atoms with E-state index in [0.717, 1.165) is 12.4 Å². The Morgan fingerprint density at radius 1 is 1.55 bits per heavy atom. The highest BCUT2D eigenvalue weighted by molar-refractivity contribution is 5.58. The summed E-state index contributed by atoms with van der Waals surface area (Å²) in [5.74, 6) is 0.754. The maximum atomic E-state index is 10.7. The first-order valence-electron chi connectivity index (χ1n) is 5.94. The fourth-order valence-electron chi connectivity index (χ4n) is 1.76. The van der Waals surface area contributed by atoms with E-state index in [1.165, 1.54) is 12.1 Å². The van der Waals surface area contributed by atoms with Crippen molar-refractivity contribution in [2.75, 3.05) is 5.32 Å². The Hall–Kier alpha value is -2.95. The molecule has 8 nitrogen and oxygen atoms in total. The summed E-state index contributed by atoms with van der Waals surface area (Å²) in [4.78, 5) is 10.2. The SMILES string of the molecule is CCn1cnnc1CNc1ccc([N+](=O)[O-])c(C#N)c1. The molecule has 2 rings (SSSR count). The number of anilines is 1. The van der Waals surface area contributed by atoms with Gasteiger partial charge in [-0.2, -0.15) is 5.26 Å². The van der Waals surface area contributed by atoms with E-state index in [1.807, 2.05) is 17.6 Å². The predicted molar refractivity (Wildman–Crippen MR) is 70.8 cm³/mol. The summed E-state index contributed by atoms with van der Waals surface area (Å²) in [6, 6.07) is 6.14. The van der Waals surface area contributed by atoms with Crippen LogP contribution in [0.4, 0.5) is 11.4 Å². The number of nitro benzene ring substituents is 1. The third-order valence-corrected chi connectivity index (χ3v) is 2.80. The molecule has 0 unspecified atom stereocenters. The summed E-state index contributed by atoms with van der Waals surface area (Å²) in [5, 5.41) is 30.5. The molecule has 0 fully saturated rings. The smallest absolute Gasteiger partial charge is 0.287 e. The zero-order valence-electron chi connectivity index (χ0n) is 10.8. The van der Waals surface area contributed by atoms with Gasteiger partial charge in [0.15, 0.2) is 5.82 Å². The summed E-state index contributed by atoms with van der Waals surface area (Å²) in [7, 11) is 0. The van der Waals surface area contributed by atoms with Crippen molar-refractivity contribution in [2.45, 2.75) is 20.0 Å². The number of nitrogens with one attached hydrogen (secondary N) is 1. The lowest BCUT2D eigenvalue weighted by Gasteiger charge is -2.07. The van der Waals surface area contributed by atoms with Gasteiger partial charge in [0.1, 0.15) is 18.0 Å². The summed E-state index contributed by atoms with van der Waals surface area (Å²) >= 11 is 0. The van der Waals surface area contributed by atoms with Crippen molar-refractivity contribution in [2.24, 2.45) is 0 Å². The van der Waals surface area contributed by atoms with E-state index in [2.05, 4.69) is 15.5 Å². The van der Waals surface area contributed by atoms with Gasteiger partial charge in [0.25, 0.3) is 5.69 Å². The van der Waals surface area contributed by atoms with Gasteiger partial charge in [0, 0.05) is 18.3 Å². The van der Waals surface area contributed by atoms with E-state index in [4.69, 9.17) is 5.26 Å². The van der Waals surface area contributed by atoms with Crippen LogP contribution in [0.1, 0.15) is 18.3 Å². The van der Waals surface area contributed by atoms with Crippen molar-refractivity contribution < 1.29 is 4.92 Å². The van der Waals surface area contributed by atoms with Crippen LogP contribution in [0.15, 0.2) is 24.5 Å². The highest BCUT2D eigenvalue weighted by Crippen LogP contribution is 2.22. The van der Waals surface area contributed by atoms with Crippen molar-refractivity contribution in [3.63, 3.8) is 0 Å². The highest BCUT2D eigenvalue weighted by atomic mass is 16.6. The zero-order chi connectivity index (χ0) is 14.5. The molecule has 0 aliphatic carbocycles. The van der Waals surface area contributed by atoms with Crippen LogP contribution in [0.3, 0.4) is 0 Å². The van der Waals surface area contributed by atoms with Crippen molar-refractivity contribution >= 4 is 11.4 Å². The number of rotatable bonds is 5. The summed E-state index contributed by atoms with van der Waals surface area (Å²) in [6.07, 6.45) is 1.63. The van der Waals surface area contributed by atoms with Crippen LogP contribution in [0.5, 0.6) is 0 Å². The van der Waals surface area contributed by atoms with Gasteiger partial charge in [-0.15, -0.1) is 10.2 Å². The van der Waals surface area contributed by atoms with E-state index >= 15 is 0 Å². The number of hydrogen-bond donors (Lipinski definition) is 1. The maximum absolute atomic E-state index is 10.7. The number of hydrogen-bond acceptors (Lipinski definition) is 6. The molecule has 20 heavy (non-hydrogen) atoms. The van der Waals surface area contributed by atoms with Gasteiger partial charge in [0.2, 0.25) is 0 Å². The molecule has 0 radical (unpaired) electrons. The fraction of sp³-hybridized carbons (Fsp3) is 0.250. The molecule has 102 valence electrons. The third-order valence-electron chi connectivity index (χ3n) is 2.80. The van der Waals surface area contributed by atoms with Gasteiger partial charge in [-0.05, 0) is 19.1 Å². The average molecular weight is 272 g/mol. The van der Waals surface area contributed by atoms with Crippen LogP contribution < -0.4 is 5.32 Å². The number of aromatic nitrogens is 3. The number of nitrogens with zero attached hydrogens (tertiary/aromatic N) is 5. The predicted octanol–water partition coefficient (Wildman–Crippen LogP) is 1.69. The third kappa shape index (κ3) is 2.72. The van der Waals surface area contributed by atoms with Crippen molar-refractivity contribution in [3.05, 3.63) is 46.0 Å². The summed E-state index contributed by atoms with van der Waals surface area (Å²) < 4.78 is 1.88. The minimum Gasteiger partial charge on any atom is -0.378 e. The molecule has 0 saturated heterocycles. The minimum absolute atomic E-state index is 0.0250. The quantitative estimate of drug-likeness (QED) is 0.655. The topological polar surface area (TPSA) is 110 Å². The number of nitro groups is 1. The largest absolute Gasteiger partial charge is 0.378 e. The molecular weight excluding hydrogens is 260 g/mol. The Morgan fingerprint density at radius 3 is 3.00 bits per heavy atom. The first kappa shape index (κ1) is 13.5. The number of aryl methyl sites for hydroxylation is 1. The van der Waals surface area contributed by atoms with Crippen molar-refractivity contribution in [1.29, 1.82) is 5.26 Å². The Bertz CT molecular complexity index is 673. The van der Waals surface area contributed by atoms with E-state index in [9.17, 15) is 10.1 Å². The van der Waals surface area contributed by atoms with Gasteiger partial charge >= 0.3 is 0 Å². The van der Waals surface area contributed by atoms with Crippen molar-refractivity contribution in [3.8, 4) is 6.07 Å². The molecule has 1 aromatic heterocycles. The Labute approximate surface area is 114 Å². The molecule has 0 saturated carbocycles. The van der Waals surface area contributed by atoms with Gasteiger partial charge in [-0.1, -0.05) is 0 Å². The van der Waals surface area contributed by atoms with Crippen LogP contribution in [0, 0.1) is 21.4 Å². The summed E-state index contributed by atoms with van der Waals surface area (Å²) in [6.45, 7) is 3.16. The monoisotopic (exact) mass is 272 g/mol. The Morgan fingerprint density at radius 2 is 2.35 bits per heavy atom. The van der Waals surface area contributed by atoms with E-state index < -0.39 is 4.92 Å². The molecule has 1 N–H and O–H groups in total. The lowest BCUT2D eigenvalue weighted by molar-refractivity contribution is -0.385. The van der Waals surface area contributed by atoms with Crippen LogP contribution in [-0.2, 0) is 13.1 Å². The molecule has 0 bridgehead atoms. The van der Waals surface area contributed by atoms with Crippen molar-refractivity contribution in [1.82, 2.24) is 14.8 Å². The fourth-order valence-corrected chi connectivity index (χ4v) is 1.76. The second-order valence-electron chi connectivity index (χ2n) is 3.99. The van der Waals surface area contributed by atoms with Crippen LogP contribution in [-0.4, -0.2) is 19.7 Å². The molecule has 0 aliphatic rings. The molecule has 8 heteroatoms. The van der Waals surface area contributed by atoms with Gasteiger partial charge in [-0.25, -0.2) is 0 Å².